The number of hydrogen-bond donors (Lipinski definition) is 2. The van der Waals surface area contributed by atoms with Crippen molar-refractivity contribution in [3.8, 4) is 0 Å². The minimum Gasteiger partial charge on any atom is -0.375 e. The van der Waals surface area contributed by atoms with E-state index in [-0.39, 0.29) is 18.1 Å². The number of hydrogen-bond acceptors (Lipinski definition) is 5. The first kappa shape index (κ1) is 23.4. The number of primary amides is 1. The second-order valence-corrected chi connectivity index (χ2v) is 9.02. The number of carbonyl (C=O) groups is 2. The Morgan fingerprint density at radius 2 is 1.62 bits per heavy atom. The van der Waals surface area contributed by atoms with Crippen LogP contribution >= 0.6 is 0 Å². The summed E-state index contributed by atoms with van der Waals surface area (Å²) in [5, 5.41) is 1.31. The van der Waals surface area contributed by atoms with Crippen LogP contribution in [0, 0.1) is 6.92 Å². The number of fused-ring (bicyclic) bond motifs is 1. The lowest BCUT2D eigenvalue weighted by Crippen LogP contribution is -2.52. The van der Waals surface area contributed by atoms with Gasteiger partial charge in [0, 0.05) is 12.4 Å². The average molecular weight is 456 g/mol. The lowest BCUT2D eigenvalue weighted by molar-refractivity contribution is -0.130. The number of nitrogens with two attached hydrogens (primary N) is 1. The van der Waals surface area contributed by atoms with Gasteiger partial charge in [0.2, 0.25) is 10.0 Å². The normalized spacial score (nSPS) is 12.4. The maximum Gasteiger partial charge on any atom is 0.321 e. The summed E-state index contributed by atoms with van der Waals surface area (Å²) in [4.78, 5) is 25.0. The van der Waals surface area contributed by atoms with Crippen molar-refractivity contribution in [3.05, 3.63) is 77.9 Å². The predicted molar refractivity (Wildman–Crippen MR) is 121 cm³/mol. The van der Waals surface area contributed by atoms with Crippen LogP contribution in [0.25, 0.3) is 10.8 Å². The molecule has 3 amide bonds. The summed E-state index contributed by atoms with van der Waals surface area (Å²) >= 11 is 0. The van der Waals surface area contributed by atoms with Crippen LogP contribution in [0.4, 0.5) is 4.79 Å². The molecule has 0 heterocycles. The van der Waals surface area contributed by atoms with Crippen molar-refractivity contribution in [1.82, 2.24) is 9.62 Å². The maximum absolute atomic E-state index is 13.2. The Morgan fingerprint density at radius 1 is 1.00 bits per heavy atom. The van der Waals surface area contributed by atoms with Crippen molar-refractivity contribution in [1.29, 1.82) is 0 Å². The Morgan fingerprint density at radius 3 is 2.28 bits per heavy atom. The summed E-state index contributed by atoms with van der Waals surface area (Å²) in [6, 6.07) is 17.2. The van der Waals surface area contributed by atoms with Gasteiger partial charge in [0.1, 0.15) is 6.04 Å². The highest BCUT2D eigenvalue weighted by molar-refractivity contribution is 7.89. The standard InChI is InChI=1S/C23H25N3O5S/c1-16-12-13-21(19-11-7-6-10-18(16)19)32(29,30)25-20(22(27)26(2)23(24)28)15-31-14-17-8-4-3-5-9-17/h3-13,20,25H,14-15H2,1-2H3,(H2,24,28)/t20-/m1/s1. The number of likely N-dealkylation sites (N-methyl/N-ethyl adjacent to an activating group) is 1. The Labute approximate surface area is 187 Å². The van der Waals surface area contributed by atoms with Gasteiger partial charge >= 0.3 is 6.03 Å². The van der Waals surface area contributed by atoms with Crippen LogP contribution in [-0.2, 0) is 26.2 Å². The van der Waals surface area contributed by atoms with Crippen LogP contribution < -0.4 is 10.5 Å². The van der Waals surface area contributed by atoms with Gasteiger partial charge in [-0.2, -0.15) is 4.72 Å². The van der Waals surface area contributed by atoms with Crippen LogP contribution in [-0.4, -0.2) is 45.0 Å². The number of amides is 3. The van der Waals surface area contributed by atoms with E-state index in [9.17, 15) is 18.0 Å². The summed E-state index contributed by atoms with van der Waals surface area (Å²) in [6.45, 7) is 1.77. The van der Waals surface area contributed by atoms with Crippen molar-refractivity contribution >= 4 is 32.7 Å². The van der Waals surface area contributed by atoms with E-state index in [0.29, 0.717) is 10.3 Å². The van der Waals surface area contributed by atoms with E-state index in [1.165, 1.54) is 13.1 Å². The molecule has 1 atom stereocenters. The fraction of sp³-hybridized carbons (Fsp3) is 0.217. The van der Waals surface area contributed by atoms with E-state index in [2.05, 4.69) is 4.72 Å². The molecular weight excluding hydrogens is 430 g/mol. The van der Waals surface area contributed by atoms with Gasteiger partial charge in [-0.05, 0) is 29.5 Å². The molecule has 3 N–H and O–H groups in total. The molecule has 0 aliphatic heterocycles. The molecule has 8 nitrogen and oxygen atoms in total. The third kappa shape index (κ3) is 5.31. The number of ether oxygens (including phenoxy) is 1. The second-order valence-electron chi connectivity index (χ2n) is 7.34. The minimum atomic E-state index is -4.13. The predicted octanol–water partition coefficient (Wildman–Crippen LogP) is 2.55. The number of carbonyl (C=O) groups excluding carboxylic acids is 2. The molecule has 0 aliphatic rings. The SMILES string of the molecule is Cc1ccc(S(=O)(=O)N[C@H](COCc2ccccc2)C(=O)N(C)C(N)=O)c2ccccc12. The molecule has 0 aromatic heterocycles. The van der Waals surface area contributed by atoms with Crippen molar-refractivity contribution in [2.24, 2.45) is 5.73 Å². The van der Waals surface area contributed by atoms with Gasteiger partial charge in [-0.25, -0.2) is 13.2 Å². The Balaban J connectivity index is 1.88. The Hall–Kier alpha value is -3.27. The molecule has 0 unspecified atom stereocenters. The molecule has 0 radical (unpaired) electrons. The Kier molecular flexibility index (Phi) is 7.24. The van der Waals surface area contributed by atoms with Gasteiger partial charge in [-0.3, -0.25) is 9.69 Å². The molecule has 0 saturated carbocycles. The molecule has 0 aliphatic carbocycles. The third-order valence-electron chi connectivity index (χ3n) is 5.04. The number of benzene rings is 3. The third-order valence-corrected chi connectivity index (χ3v) is 6.57. The molecule has 168 valence electrons. The topological polar surface area (TPSA) is 119 Å². The van der Waals surface area contributed by atoms with Crippen LogP contribution in [0.15, 0.2) is 71.6 Å². The molecule has 3 aromatic rings. The van der Waals surface area contributed by atoms with Crippen LogP contribution in [0.2, 0.25) is 0 Å². The van der Waals surface area contributed by atoms with Crippen LogP contribution in [0.1, 0.15) is 11.1 Å². The van der Waals surface area contributed by atoms with Crippen molar-refractivity contribution in [2.75, 3.05) is 13.7 Å². The number of aryl methyl sites for hydroxylation is 1. The molecule has 0 fully saturated rings. The van der Waals surface area contributed by atoms with E-state index in [0.717, 1.165) is 16.5 Å². The fourth-order valence-corrected chi connectivity index (χ4v) is 4.66. The Bertz CT molecular complexity index is 1230. The lowest BCUT2D eigenvalue weighted by Gasteiger charge is -2.22. The fourth-order valence-electron chi connectivity index (χ4n) is 3.27. The molecule has 32 heavy (non-hydrogen) atoms. The zero-order valence-electron chi connectivity index (χ0n) is 17.8. The number of imide groups is 1. The summed E-state index contributed by atoms with van der Waals surface area (Å²) in [5.41, 5.74) is 6.99. The first-order chi connectivity index (χ1) is 15.2. The van der Waals surface area contributed by atoms with Gasteiger partial charge in [0.25, 0.3) is 5.91 Å². The first-order valence-electron chi connectivity index (χ1n) is 9.90. The van der Waals surface area contributed by atoms with E-state index in [1.54, 1.807) is 18.2 Å². The van der Waals surface area contributed by atoms with Gasteiger partial charge in [-0.1, -0.05) is 60.7 Å². The average Bonchev–Trinajstić information content (AvgIpc) is 2.78. The highest BCUT2D eigenvalue weighted by atomic mass is 32.2. The number of nitrogens with zero attached hydrogens (tertiary/aromatic N) is 1. The summed E-state index contributed by atoms with van der Waals surface area (Å²) in [5.74, 6) is -0.814. The van der Waals surface area contributed by atoms with Gasteiger partial charge in [0.15, 0.2) is 0 Å². The molecule has 0 bridgehead atoms. The smallest absolute Gasteiger partial charge is 0.321 e. The monoisotopic (exact) mass is 455 g/mol. The molecule has 0 saturated heterocycles. The zero-order chi connectivity index (χ0) is 23.3. The molecule has 0 spiro atoms. The highest BCUT2D eigenvalue weighted by Gasteiger charge is 2.31. The second kappa shape index (κ2) is 9.90. The van der Waals surface area contributed by atoms with E-state index >= 15 is 0 Å². The van der Waals surface area contributed by atoms with Crippen molar-refractivity contribution in [2.45, 2.75) is 24.5 Å². The van der Waals surface area contributed by atoms with Gasteiger partial charge in [-0.15, -0.1) is 0 Å². The maximum atomic E-state index is 13.2. The number of urea groups is 1. The van der Waals surface area contributed by atoms with E-state index < -0.39 is 28.0 Å². The lowest BCUT2D eigenvalue weighted by atomic mass is 10.1. The minimum absolute atomic E-state index is 0.0290. The van der Waals surface area contributed by atoms with Gasteiger partial charge < -0.3 is 10.5 Å². The number of nitrogens with one attached hydrogen (secondary N) is 1. The number of rotatable bonds is 8. The summed E-state index contributed by atoms with van der Waals surface area (Å²) in [7, 11) is -2.95. The van der Waals surface area contributed by atoms with Crippen molar-refractivity contribution in [3.63, 3.8) is 0 Å². The largest absolute Gasteiger partial charge is 0.375 e. The number of sulfonamides is 1. The molecule has 3 rings (SSSR count). The van der Waals surface area contributed by atoms with Crippen LogP contribution in [0.3, 0.4) is 0 Å². The summed E-state index contributed by atoms with van der Waals surface area (Å²) in [6.07, 6.45) is 0. The molecular formula is C23H25N3O5S. The van der Waals surface area contributed by atoms with Crippen molar-refractivity contribution < 1.29 is 22.7 Å². The van der Waals surface area contributed by atoms with Crippen LogP contribution in [0.5, 0.6) is 0 Å². The zero-order valence-corrected chi connectivity index (χ0v) is 18.6. The van der Waals surface area contributed by atoms with E-state index in [1.807, 2.05) is 49.4 Å². The molecule has 3 aromatic carbocycles. The molecule has 9 heteroatoms. The highest BCUT2D eigenvalue weighted by Crippen LogP contribution is 2.26. The van der Waals surface area contributed by atoms with E-state index in [4.69, 9.17) is 10.5 Å². The first-order valence-corrected chi connectivity index (χ1v) is 11.4. The van der Waals surface area contributed by atoms with Gasteiger partial charge in [0.05, 0.1) is 18.1 Å². The quantitative estimate of drug-likeness (QED) is 0.541. The summed E-state index contributed by atoms with van der Waals surface area (Å²) < 4.78 is 34.5.